The number of benzene rings is 2. The van der Waals surface area contributed by atoms with Gasteiger partial charge in [0.15, 0.2) is 0 Å². The molecule has 0 aliphatic rings. The van der Waals surface area contributed by atoms with Gasteiger partial charge in [0, 0.05) is 22.3 Å². The highest BCUT2D eigenvalue weighted by atomic mass is 35.5. The van der Waals surface area contributed by atoms with Crippen LogP contribution >= 0.6 is 11.6 Å². The molecule has 3 aromatic rings. The summed E-state index contributed by atoms with van der Waals surface area (Å²) in [4.78, 5) is 23.6. The van der Waals surface area contributed by atoms with Crippen molar-refractivity contribution in [3.8, 4) is 5.69 Å². The molecule has 144 valence electrons. The predicted octanol–water partition coefficient (Wildman–Crippen LogP) is 5.18. The topological polar surface area (TPSA) is 76.0 Å². The van der Waals surface area contributed by atoms with Gasteiger partial charge in [-0.05, 0) is 48.7 Å². The fourth-order valence-corrected chi connectivity index (χ4v) is 2.90. The Morgan fingerprint density at radius 1 is 1.14 bits per heavy atom. The first-order valence-electron chi connectivity index (χ1n) is 8.92. The minimum absolute atomic E-state index is 0.397. The Hall–Kier alpha value is -3.12. The summed E-state index contributed by atoms with van der Waals surface area (Å²) in [6.45, 7) is 4.21. The summed E-state index contributed by atoms with van der Waals surface area (Å²) < 4.78 is 1.63. The van der Waals surface area contributed by atoms with Crippen LogP contribution in [0.15, 0.2) is 54.6 Å². The van der Waals surface area contributed by atoms with Crippen LogP contribution in [0, 0.1) is 5.92 Å². The number of amides is 2. The first kappa shape index (κ1) is 19.6. The SMILES string of the molecule is CC(C)Cc1cc(NC(=O)Nc2ccc(Cl)cc2)n(-c2cccc(C=O)c2)n1. The first-order chi connectivity index (χ1) is 13.4. The third-order valence-electron chi connectivity index (χ3n) is 3.97. The van der Waals surface area contributed by atoms with Crippen molar-refractivity contribution in [3.05, 3.63) is 70.9 Å². The Morgan fingerprint density at radius 2 is 1.89 bits per heavy atom. The van der Waals surface area contributed by atoms with Gasteiger partial charge in [0.05, 0.1) is 11.4 Å². The number of urea groups is 1. The van der Waals surface area contributed by atoms with E-state index >= 15 is 0 Å². The maximum absolute atomic E-state index is 12.5. The van der Waals surface area contributed by atoms with Crippen molar-refractivity contribution in [2.45, 2.75) is 20.3 Å². The lowest BCUT2D eigenvalue weighted by Gasteiger charge is -2.10. The molecule has 0 saturated heterocycles. The van der Waals surface area contributed by atoms with Crippen molar-refractivity contribution < 1.29 is 9.59 Å². The Balaban J connectivity index is 1.87. The van der Waals surface area contributed by atoms with Gasteiger partial charge in [-0.3, -0.25) is 10.1 Å². The van der Waals surface area contributed by atoms with Crippen LogP contribution in [0.5, 0.6) is 0 Å². The molecular formula is C21H21ClN4O2. The number of nitrogens with zero attached hydrogens (tertiary/aromatic N) is 2. The second-order valence-electron chi connectivity index (χ2n) is 6.83. The molecule has 1 heterocycles. The second-order valence-corrected chi connectivity index (χ2v) is 7.27. The zero-order chi connectivity index (χ0) is 20.1. The number of hydrogen-bond donors (Lipinski definition) is 2. The number of nitrogens with one attached hydrogen (secondary N) is 2. The first-order valence-corrected chi connectivity index (χ1v) is 9.30. The molecule has 3 rings (SSSR count). The summed E-state index contributed by atoms with van der Waals surface area (Å²) >= 11 is 5.87. The maximum Gasteiger partial charge on any atom is 0.324 e. The summed E-state index contributed by atoms with van der Waals surface area (Å²) in [5.74, 6) is 0.936. The van der Waals surface area contributed by atoms with E-state index in [1.54, 1.807) is 47.1 Å². The van der Waals surface area contributed by atoms with Crippen LogP contribution in [-0.2, 0) is 6.42 Å². The van der Waals surface area contributed by atoms with E-state index < -0.39 is 6.03 Å². The smallest absolute Gasteiger partial charge is 0.308 e. The fraction of sp³-hybridized carbons (Fsp3) is 0.190. The molecule has 0 fully saturated rings. The van der Waals surface area contributed by atoms with Gasteiger partial charge in [0.2, 0.25) is 0 Å². The Bertz CT molecular complexity index is 980. The van der Waals surface area contributed by atoms with Crippen LogP contribution in [0.1, 0.15) is 29.9 Å². The molecule has 0 atom stereocenters. The Morgan fingerprint density at radius 3 is 2.57 bits per heavy atom. The van der Waals surface area contributed by atoms with Crippen LogP contribution < -0.4 is 10.6 Å². The summed E-state index contributed by atoms with van der Waals surface area (Å²) in [7, 11) is 0. The molecule has 0 aliphatic heterocycles. The van der Waals surface area contributed by atoms with E-state index in [9.17, 15) is 9.59 Å². The zero-order valence-corrected chi connectivity index (χ0v) is 16.4. The molecule has 2 N–H and O–H groups in total. The van der Waals surface area contributed by atoms with Crippen molar-refractivity contribution in [1.82, 2.24) is 9.78 Å². The van der Waals surface area contributed by atoms with Gasteiger partial charge < -0.3 is 5.32 Å². The molecule has 7 heteroatoms. The van der Waals surface area contributed by atoms with Crippen molar-refractivity contribution >= 4 is 35.4 Å². The average molecular weight is 397 g/mol. The van der Waals surface area contributed by atoms with E-state index in [1.165, 1.54) is 0 Å². The van der Waals surface area contributed by atoms with Crippen LogP contribution in [0.25, 0.3) is 5.69 Å². The number of aldehydes is 1. The van der Waals surface area contributed by atoms with Crippen LogP contribution in [0.2, 0.25) is 5.02 Å². The minimum atomic E-state index is -0.397. The molecule has 28 heavy (non-hydrogen) atoms. The zero-order valence-electron chi connectivity index (χ0n) is 15.6. The molecule has 0 saturated carbocycles. The van der Waals surface area contributed by atoms with Gasteiger partial charge in [-0.2, -0.15) is 5.10 Å². The molecule has 2 aromatic carbocycles. The standard InChI is InChI=1S/C21H21ClN4O2/c1-14(2)10-18-12-20(24-21(28)23-17-8-6-16(22)7-9-17)26(25-18)19-5-3-4-15(11-19)13-27/h3-9,11-14H,10H2,1-2H3,(H2,23,24,28). The number of carbonyl (C=O) groups excluding carboxylic acids is 2. The number of halogens is 1. The minimum Gasteiger partial charge on any atom is -0.308 e. The van der Waals surface area contributed by atoms with Crippen molar-refractivity contribution in [2.24, 2.45) is 5.92 Å². The number of carbonyl (C=O) groups is 2. The Labute approximate surface area is 168 Å². The lowest BCUT2D eigenvalue weighted by atomic mass is 10.1. The van der Waals surface area contributed by atoms with Gasteiger partial charge in [-0.15, -0.1) is 0 Å². The van der Waals surface area contributed by atoms with Crippen molar-refractivity contribution in [3.63, 3.8) is 0 Å². The quantitative estimate of drug-likeness (QED) is 0.563. The van der Waals surface area contributed by atoms with E-state index in [1.807, 2.05) is 12.1 Å². The molecule has 0 radical (unpaired) electrons. The molecule has 2 amide bonds. The largest absolute Gasteiger partial charge is 0.324 e. The normalized spacial score (nSPS) is 10.7. The summed E-state index contributed by atoms with van der Waals surface area (Å²) in [6, 6.07) is 15.3. The highest BCUT2D eigenvalue weighted by Gasteiger charge is 2.14. The van der Waals surface area contributed by atoms with E-state index in [4.69, 9.17) is 11.6 Å². The monoisotopic (exact) mass is 396 g/mol. The molecular weight excluding hydrogens is 376 g/mol. The van der Waals surface area contributed by atoms with E-state index in [-0.39, 0.29) is 0 Å². The molecule has 0 aliphatic carbocycles. The van der Waals surface area contributed by atoms with Crippen molar-refractivity contribution in [2.75, 3.05) is 10.6 Å². The molecule has 6 nitrogen and oxygen atoms in total. The van der Waals surface area contributed by atoms with Gasteiger partial charge in [-0.25, -0.2) is 9.48 Å². The van der Waals surface area contributed by atoms with Crippen LogP contribution in [0.3, 0.4) is 0 Å². The van der Waals surface area contributed by atoms with Crippen molar-refractivity contribution in [1.29, 1.82) is 0 Å². The average Bonchev–Trinajstić information content (AvgIpc) is 3.05. The van der Waals surface area contributed by atoms with E-state index in [0.29, 0.717) is 33.7 Å². The number of anilines is 2. The number of hydrogen-bond acceptors (Lipinski definition) is 3. The van der Waals surface area contributed by atoms with E-state index in [2.05, 4.69) is 29.6 Å². The van der Waals surface area contributed by atoms with Gasteiger partial charge in [0.1, 0.15) is 12.1 Å². The Kier molecular flexibility index (Phi) is 6.11. The lowest BCUT2D eigenvalue weighted by molar-refractivity contribution is 0.112. The van der Waals surface area contributed by atoms with Gasteiger partial charge in [0.25, 0.3) is 0 Å². The number of aromatic nitrogens is 2. The maximum atomic E-state index is 12.5. The second kappa shape index (κ2) is 8.71. The summed E-state index contributed by atoms with van der Waals surface area (Å²) in [6.07, 6.45) is 1.55. The highest BCUT2D eigenvalue weighted by molar-refractivity contribution is 6.30. The predicted molar refractivity (Wildman–Crippen MR) is 112 cm³/mol. The van der Waals surface area contributed by atoms with Crippen LogP contribution in [0.4, 0.5) is 16.3 Å². The lowest BCUT2D eigenvalue weighted by Crippen LogP contribution is -2.21. The van der Waals surface area contributed by atoms with Gasteiger partial charge in [-0.1, -0.05) is 37.6 Å². The highest BCUT2D eigenvalue weighted by Crippen LogP contribution is 2.21. The fourth-order valence-electron chi connectivity index (χ4n) is 2.78. The number of rotatable bonds is 6. The molecule has 0 spiro atoms. The molecule has 0 unspecified atom stereocenters. The third-order valence-corrected chi connectivity index (χ3v) is 4.22. The summed E-state index contributed by atoms with van der Waals surface area (Å²) in [5.41, 5.74) is 2.71. The van der Waals surface area contributed by atoms with E-state index in [0.717, 1.165) is 18.4 Å². The summed E-state index contributed by atoms with van der Waals surface area (Å²) in [5, 5.41) is 10.8. The van der Waals surface area contributed by atoms with Gasteiger partial charge >= 0.3 is 6.03 Å². The molecule has 1 aromatic heterocycles. The molecule has 0 bridgehead atoms. The van der Waals surface area contributed by atoms with Crippen LogP contribution in [-0.4, -0.2) is 22.1 Å². The third kappa shape index (κ3) is 4.98.